The predicted molar refractivity (Wildman–Crippen MR) is 95.4 cm³/mol. The van der Waals surface area contributed by atoms with Gasteiger partial charge in [0.15, 0.2) is 0 Å². The summed E-state index contributed by atoms with van der Waals surface area (Å²) in [6, 6.07) is 5.36. The maximum atomic E-state index is 12.6. The van der Waals surface area contributed by atoms with Gasteiger partial charge in [-0.05, 0) is 45.6 Å². The minimum Gasteiger partial charge on any atom is -0.361 e. The largest absolute Gasteiger partial charge is 0.361 e. The zero-order chi connectivity index (χ0) is 16.7. The highest BCUT2D eigenvalue weighted by Gasteiger charge is 2.43. The Morgan fingerprint density at radius 2 is 1.86 bits per heavy atom. The van der Waals surface area contributed by atoms with Gasteiger partial charge in [-0.1, -0.05) is 6.07 Å². The zero-order valence-electron chi connectivity index (χ0n) is 13.2. The third-order valence-corrected chi connectivity index (χ3v) is 6.06. The highest BCUT2D eigenvalue weighted by Crippen LogP contribution is 2.47. The Bertz CT molecular complexity index is 663. The first-order chi connectivity index (χ1) is 10.1. The van der Waals surface area contributed by atoms with Gasteiger partial charge in [0, 0.05) is 34.6 Å². The Labute approximate surface area is 141 Å². The standard InChI is InChI=1S/C16H22F2N2S2/c1-15(2,20(3)4)16(21,22)12-9-19-13-6-5-10(7-11(12)13)8-14(17)18/h5-7,9,14,19,21-22H,8H2,1-4H3. The first kappa shape index (κ1) is 17.6. The third-order valence-electron chi connectivity index (χ3n) is 4.48. The lowest BCUT2D eigenvalue weighted by atomic mass is 9.91. The van der Waals surface area contributed by atoms with Crippen LogP contribution in [0.25, 0.3) is 10.9 Å². The monoisotopic (exact) mass is 344 g/mol. The van der Waals surface area contributed by atoms with Crippen LogP contribution in [0.2, 0.25) is 0 Å². The molecule has 2 nitrogen and oxygen atoms in total. The van der Waals surface area contributed by atoms with E-state index in [0.29, 0.717) is 5.56 Å². The number of halogens is 2. The van der Waals surface area contributed by atoms with Crippen molar-refractivity contribution in [3.63, 3.8) is 0 Å². The van der Waals surface area contributed by atoms with E-state index in [-0.39, 0.29) is 12.0 Å². The van der Waals surface area contributed by atoms with Crippen molar-refractivity contribution >= 4 is 36.2 Å². The number of hydrogen-bond donors (Lipinski definition) is 3. The van der Waals surface area contributed by atoms with Crippen LogP contribution in [0.5, 0.6) is 0 Å². The van der Waals surface area contributed by atoms with Crippen LogP contribution in [0, 0.1) is 0 Å². The lowest BCUT2D eigenvalue weighted by Gasteiger charge is -2.44. The van der Waals surface area contributed by atoms with Gasteiger partial charge in [-0.2, -0.15) is 25.3 Å². The molecule has 0 unspecified atom stereocenters. The molecule has 1 N–H and O–H groups in total. The first-order valence-electron chi connectivity index (χ1n) is 7.08. The van der Waals surface area contributed by atoms with E-state index in [0.717, 1.165) is 16.5 Å². The van der Waals surface area contributed by atoms with Crippen molar-refractivity contribution in [1.82, 2.24) is 9.88 Å². The zero-order valence-corrected chi connectivity index (χ0v) is 15.0. The third kappa shape index (κ3) is 3.01. The summed E-state index contributed by atoms with van der Waals surface area (Å²) < 4.78 is 24.5. The molecule has 0 atom stereocenters. The molecule has 1 aromatic heterocycles. The van der Waals surface area contributed by atoms with E-state index in [1.165, 1.54) is 0 Å². The Balaban J connectivity index is 2.55. The SMILES string of the molecule is CN(C)C(C)(C)C(S)(S)c1c[nH]c2ccc(CC(F)F)cc12. The quantitative estimate of drug-likeness (QED) is 0.544. The number of alkyl halides is 2. The smallest absolute Gasteiger partial charge is 0.242 e. The van der Waals surface area contributed by atoms with Crippen molar-refractivity contribution < 1.29 is 8.78 Å². The molecule has 2 rings (SSSR count). The van der Waals surface area contributed by atoms with Gasteiger partial charge in [0.1, 0.15) is 4.08 Å². The summed E-state index contributed by atoms with van der Waals surface area (Å²) >= 11 is 9.59. The van der Waals surface area contributed by atoms with Crippen LogP contribution in [0.1, 0.15) is 25.0 Å². The fourth-order valence-electron chi connectivity index (χ4n) is 2.40. The molecular weight excluding hydrogens is 322 g/mol. The number of rotatable bonds is 5. The van der Waals surface area contributed by atoms with Crippen LogP contribution in [0.15, 0.2) is 24.4 Å². The van der Waals surface area contributed by atoms with E-state index in [4.69, 9.17) is 25.3 Å². The van der Waals surface area contributed by atoms with Gasteiger partial charge < -0.3 is 9.88 Å². The minimum absolute atomic E-state index is 0.246. The van der Waals surface area contributed by atoms with Crippen molar-refractivity contribution in [2.45, 2.75) is 36.3 Å². The average molecular weight is 344 g/mol. The van der Waals surface area contributed by atoms with E-state index < -0.39 is 10.5 Å². The second-order valence-electron chi connectivity index (χ2n) is 6.30. The molecule has 0 fully saturated rings. The van der Waals surface area contributed by atoms with Crippen LogP contribution in [-0.4, -0.2) is 35.9 Å². The van der Waals surface area contributed by atoms with Crippen molar-refractivity contribution in [2.75, 3.05) is 14.1 Å². The molecule has 0 aliphatic heterocycles. The Morgan fingerprint density at radius 3 is 2.41 bits per heavy atom. The van der Waals surface area contributed by atoms with Crippen molar-refractivity contribution in [3.05, 3.63) is 35.5 Å². The molecule has 0 spiro atoms. The second-order valence-corrected chi connectivity index (χ2v) is 8.00. The molecular formula is C16H22F2N2S2. The summed E-state index contributed by atoms with van der Waals surface area (Å²) in [5, 5.41) is 0.887. The van der Waals surface area contributed by atoms with Crippen LogP contribution in [0.3, 0.4) is 0 Å². The first-order valence-corrected chi connectivity index (χ1v) is 7.97. The molecule has 0 saturated carbocycles. The molecule has 0 aliphatic carbocycles. The van der Waals surface area contributed by atoms with Gasteiger partial charge in [-0.25, -0.2) is 8.78 Å². The number of likely N-dealkylation sites (N-methyl/N-ethyl adjacent to an activating group) is 1. The molecule has 122 valence electrons. The normalized spacial score (nSPS) is 13.5. The van der Waals surface area contributed by atoms with Crippen LogP contribution in [-0.2, 0) is 10.5 Å². The van der Waals surface area contributed by atoms with E-state index in [2.05, 4.69) is 23.7 Å². The topological polar surface area (TPSA) is 19.0 Å². The molecule has 1 aromatic carbocycles. The molecule has 1 heterocycles. The van der Waals surface area contributed by atoms with Crippen molar-refractivity contribution in [3.8, 4) is 0 Å². The molecule has 6 heteroatoms. The number of fused-ring (bicyclic) bond motifs is 1. The van der Waals surface area contributed by atoms with E-state index in [9.17, 15) is 8.78 Å². The number of aromatic amines is 1. The van der Waals surface area contributed by atoms with Gasteiger partial charge in [0.2, 0.25) is 6.43 Å². The highest BCUT2D eigenvalue weighted by molar-refractivity contribution is 8.00. The summed E-state index contributed by atoms with van der Waals surface area (Å²) in [6.45, 7) is 4.10. The summed E-state index contributed by atoms with van der Waals surface area (Å²) in [7, 11) is 3.94. The lowest BCUT2D eigenvalue weighted by Crippen LogP contribution is -2.50. The van der Waals surface area contributed by atoms with Crippen LogP contribution < -0.4 is 0 Å². The van der Waals surface area contributed by atoms with Crippen LogP contribution >= 0.6 is 25.3 Å². The van der Waals surface area contributed by atoms with Gasteiger partial charge >= 0.3 is 0 Å². The predicted octanol–water partition coefficient (Wildman–Crippen LogP) is 4.33. The molecule has 0 bridgehead atoms. The van der Waals surface area contributed by atoms with Crippen LogP contribution in [0.4, 0.5) is 8.78 Å². The summed E-state index contributed by atoms with van der Waals surface area (Å²) in [4.78, 5) is 5.23. The minimum atomic E-state index is -2.35. The highest BCUT2D eigenvalue weighted by atomic mass is 32.2. The number of thiol groups is 2. The Morgan fingerprint density at radius 1 is 1.23 bits per heavy atom. The fraction of sp³-hybridized carbons (Fsp3) is 0.500. The van der Waals surface area contributed by atoms with Crippen molar-refractivity contribution in [1.29, 1.82) is 0 Å². The average Bonchev–Trinajstić information content (AvgIpc) is 2.81. The number of hydrogen-bond acceptors (Lipinski definition) is 3. The lowest BCUT2D eigenvalue weighted by molar-refractivity contribution is 0.149. The Hall–Kier alpha value is -0.720. The number of H-pyrrole nitrogens is 1. The molecule has 22 heavy (non-hydrogen) atoms. The van der Waals surface area contributed by atoms with Crippen molar-refractivity contribution in [2.24, 2.45) is 0 Å². The van der Waals surface area contributed by atoms with Gasteiger partial charge in [-0.3, -0.25) is 0 Å². The number of aromatic nitrogens is 1. The van der Waals surface area contributed by atoms with E-state index in [1.807, 2.05) is 26.4 Å². The summed E-state index contributed by atoms with van der Waals surface area (Å²) in [5.74, 6) is 0. The molecule has 0 saturated heterocycles. The Kier molecular flexibility index (Phi) is 4.85. The molecule has 0 aliphatic rings. The number of benzene rings is 1. The fourth-order valence-corrected chi connectivity index (χ4v) is 3.17. The van der Waals surface area contributed by atoms with E-state index >= 15 is 0 Å². The molecule has 0 amide bonds. The molecule has 2 aromatic rings. The second kappa shape index (κ2) is 6.06. The number of nitrogens with one attached hydrogen (secondary N) is 1. The number of nitrogens with zero attached hydrogens (tertiary/aromatic N) is 1. The van der Waals surface area contributed by atoms with Gasteiger partial charge in [0.25, 0.3) is 0 Å². The van der Waals surface area contributed by atoms with Gasteiger partial charge in [-0.15, -0.1) is 0 Å². The molecule has 0 radical (unpaired) electrons. The summed E-state index contributed by atoms with van der Waals surface area (Å²) in [5.41, 5.74) is 2.05. The maximum Gasteiger partial charge on any atom is 0.242 e. The van der Waals surface area contributed by atoms with Gasteiger partial charge in [0.05, 0.1) is 0 Å². The maximum absolute atomic E-state index is 12.6. The summed E-state index contributed by atoms with van der Waals surface area (Å²) in [6.07, 6.45) is -0.735. The van der Waals surface area contributed by atoms with E-state index in [1.54, 1.807) is 12.1 Å².